The fraction of sp³-hybridized carbons (Fsp3) is 0.643. The lowest BCUT2D eigenvalue weighted by molar-refractivity contribution is -0.137. The molecule has 0 atom stereocenters. The predicted molar refractivity (Wildman–Crippen MR) is 82.0 cm³/mol. The van der Waals surface area contributed by atoms with Gasteiger partial charge in [0.1, 0.15) is 10.7 Å². The fourth-order valence-corrected chi connectivity index (χ4v) is 3.04. The molecule has 1 aromatic rings. The molecule has 0 unspecified atom stereocenters. The Labute approximate surface area is 133 Å². The molecule has 7 nitrogen and oxygen atoms in total. The van der Waals surface area contributed by atoms with Gasteiger partial charge in [0, 0.05) is 31.6 Å². The van der Waals surface area contributed by atoms with Crippen LogP contribution < -0.4 is 0 Å². The number of carbonyl (C=O) groups excluding carboxylic acids is 1. The number of ether oxygens (including phenoxy) is 1. The van der Waals surface area contributed by atoms with Crippen LogP contribution in [0, 0.1) is 0 Å². The van der Waals surface area contributed by atoms with Gasteiger partial charge < -0.3 is 14.7 Å². The maximum absolute atomic E-state index is 12.3. The molecule has 1 aliphatic rings. The van der Waals surface area contributed by atoms with Gasteiger partial charge in [-0.25, -0.2) is 4.98 Å². The van der Waals surface area contributed by atoms with Crippen LogP contribution in [0.25, 0.3) is 0 Å². The lowest BCUT2D eigenvalue weighted by atomic mass is 10.3. The molecular weight excluding hydrogens is 306 g/mol. The largest absolute Gasteiger partial charge is 0.481 e. The highest BCUT2D eigenvalue weighted by atomic mass is 32.1. The van der Waals surface area contributed by atoms with Crippen LogP contribution in [0.3, 0.4) is 0 Å². The van der Waals surface area contributed by atoms with Crippen molar-refractivity contribution in [2.45, 2.75) is 19.9 Å². The van der Waals surface area contributed by atoms with E-state index in [0.717, 1.165) is 37.9 Å². The molecule has 1 aliphatic heterocycles. The minimum atomic E-state index is -0.905. The zero-order valence-electron chi connectivity index (χ0n) is 12.7. The minimum Gasteiger partial charge on any atom is -0.481 e. The third kappa shape index (κ3) is 4.75. The number of hydrogen-bond donors (Lipinski definition) is 1. The highest BCUT2D eigenvalue weighted by Crippen LogP contribution is 2.15. The van der Waals surface area contributed by atoms with Crippen molar-refractivity contribution in [3.8, 4) is 0 Å². The summed E-state index contributed by atoms with van der Waals surface area (Å²) in [7, 11) is 0. The number of carboxylic acids is 1. The number of nitrogens with zero attached hydrogens (tertiary/aromatic N) is 3. The van der Waals surface area contributed by atoms with Crippen molar-refractivity contribution in [2.24, 2.45) is 0 Å². The van der Waals surface area contributed by atoms with Crippen LogP contribution in [-0.4, -0.2) is 71.2 Å². The van der Waals surface area contributed by atoms with Crippen molar-refractivity contribution >= 4 is 23.2 Å². The molecule has 8 heteroatoms. The smallest absolute Gasteiger partial charge is 0.305 e. The first-order valence-electron chi connectivity index (χ1n) is 7.35. The number of hydrogen-bond acceptors (Lipinski definition) is 6. The lowest BCUT2D eigenvalue weighted by Crippen LogP contribution is -2.35. The Morgan fingerprint density at radius 3 is 2.82 bits per heavy atom. The summed E-state index contributed by atoms with van der Waals surface area (Å²) in [4.78, 5) is 31.1. The summed E-state index contributed by atoms with van der Waals surface area (Å²) in [6.45, 7) is 6.46. The van der Waals surface area contributed by atoms with E-state index in [1.165, 1.54) is 16.2 Å². The SMILES string of the molecule is CCN(CCC(=O)O)C(=O)c1csc(CN2CCOCC2)n1. The van der Waals surface area contributed by atoms with E-state index >= 15 is 0 Å². The Morgan fingerprint density at radius 1 is 1.45 bits per heavy atom. The molecule has 1 saturated heterocycles. The van der Waals surface area contributed by atoms with Crippen LogP contribution in [-0.2, 0) is 16.1 Å². The Morgan fingerprint density at radius 2 is 2.18 bits per heavy atom. The van der Waals surface area contributed by atoms with Gasteiger partial charge in [-0.3, -0.25) is 14.5 Å². The second kappa shape index (κ2) is 8.21. The number of carboxylic acid groups (broad SMARTS) is 1. The van der Waals surface area contributed by atoms with Crippen LogP contribution in [0.15, 0.2) is 5.38 Å². The molecule has 0 aliphatic carbocycles. The number of morpholine rings is 1. The monoisotopic (exact) mass is 327 g/mol. The van der Waals surface area contributed by atoms with E-state index in [9.17, 15) is 9.59 Å². The molecule has 2 rings (SSSR count). The zero-order valence-corrected chi connectivity index (χ0v) is 13.5. The van der Waals surface area contributed by atoms with Crippen LogP contribution >= 0.6 is 11.3 Å². The van der Waals surface area contributed by atoms with Gasteiger partial charge in [-0.05, 0) is 6.92 Å². The molecule has 22 heavy (non-hydrogen) atoms. The molecular formula is C14H21N3O4S. The second-order valence-corrected chi connectivity index (χ2v) is 5.99. The van der Waals surface area contributed by atoms with Gasteiger partial charge in [0.15, 0.2) is 0 Å². The molecule has 1 aromatic heterocycles. The van der Waals surface area contributed by atoms with E-state index in [4.69, 9.17) is 9.84 Å². The van der Waals surface area contributed by atoms with Gasteiger partial charge in [-0.15, -0.1) is 11.3 Å². The Hall–Kier alpha value is -1.51. The van der Waals surface area contributed by atoms with Gasteiger partial charge in [-0.1, -0.05) is 0 Å². The van der Waals surface area contributed by atoms with E-state index in [1.54, 1.807) is 5.38 Å². The van der Waals surface area contributed by atoms with Crippen LogP contribution in [0.2, 0.25) is 0 Å². The standard InChI is InChI=1S/C14H21N3O4S/c1-2-17(4-3-13(18)19)14(20)11-10-22-12(15-11)9-16-5-7-21-8-6-16/h10H,2-9H2,1H3,(H,18,19). The van der Waals surface area contributed by atoms with Gasteiger partial charge >= 0.3 is 5.97 Å². The van der Waals surface area contributed by atoms with Crippen molar-refractivity contribution in [1.82, 2.24) is 14.8 Å². The summed E-state index contributed by atoms with van der Waals surface area (Å²) in [5, 5.41) is 11.4. The predicted octanol–water partition coefficient (Wildman–Crippen LogP) is 0.912. The summed E-state index contributed by atoms with van der Waals surface area (Å²) in [5.41, 5.74) is 0.403. The average molecular weight is 327 g/mol. The van der Waals surface area contributed by atoms with Crippen LogP contribution in [0.4, 0.5) is 0 Å². The number of aromatic nitrogens is 1. The summed E-state index contributed by atoms with van der Waals surface area (Å²) < 4.78 is 5.31. The molecule has 0 bridgehead atoms. The summed E-state index contributed by atoms with van der Waals surface area (Å²) in [6.07, 6.45) is -0.0512. The molecule has 1 fully saturated rings. The molecule has 122 valence electrons. The van der Waals surface area contributed by atoms with Gasteiger partial charge in [0.2, 0.25) is 0 Å². The first-order chi connectivity index (χ1) is 10.6. The Balaban J connectivity index is 1.93. The van der Waals surface area contributed by atoms with Gasteiger partial charge in [0.25, 0.3) is 5.91 Å². The van der Waals surface area contributed by atoms with Crippen molar-refractivity contribution in [3.63, 3.8) is 0 Å². The third-order valence-electron chi connectivity index (χ3n) is 3.50. The molecule has 0 spiro atoms. The van der Waals surface area contributed by atoms with Crippen molar-refractivity contribution < 1.29 is 19.4 Å². The number of amides is 1. The maximum Gasteiger partial charge on any atom is 0.305 e. The number of carbonyl (C=O) groups is 2. The number of aliphatic carboxylic acids is 1. The lowest BCUT2D eigenvalue weighted by Gasteiger charge is -2.25. The van der Waals surface area contributed by atoms with Gasteiger partial charge in [-0.2, -0.15) is 0 Å². The topological polar surface area (TPSA) is 83.0 Å². The van der Waals surface area contributed by atoms with Crippen molar-refractivity contribution in [2.75, 3.05) is 39.4 Å². The van der Waals surface area contributed by atoms with Crippen molar-refractivity contribution in [3.05, 3.63) is 16.1 Å². The molecule has 1 N–H and O–H groups in total. The molecule has 2 heterocycles. The fourth-order valence-electron chi connectivity index (χ4n) is 2.23. The van der Waals surface area contributed by atoms with E-state index < -0.39 is 5.97 Å². The summed E-state index contributed by atoms with van der Waals surface area (Å²) in [5.74, 6) is -1.11. The van der Waals surface area contributed by atoms with Crippen LogP contribution in [0.5, 0.6) is 0 Å². The van der Waals surface area contributed by atoms with Crippen LogP contribution in [0.1, 0.15) is 28.8 Å². The normalized spacial score (nSPS) is 15.7. The first-order valence-corrected chi connectivity index (χ1v) is 8.23. The molecule has 0 aromatic carbocycles. The second-order valence-electron chi connectivity index (χ2n) is 5.04. The third-order valence-corrected chi connectivity index (χ3v) is 4.33. The van der Waals surface area contributed by atoms with Crippen molar-refractivity contribution in [1.29, 1.82) is 0 Å². The molecule has 0 radical (unpaired) electrons. The van der Waals surface area contributed by atoms with E-state index in [-0.39, 0.29) is 18.9 Å². The highest BCUT2D eigenvalue weighted by molar-refractivity contribution is 7.09. The zero-order chi connectivity index (χ0) is 15.9. The van der Waals surface area contributed by atoms with E-state index in [0.29, 0.717) is 12.2 Å². The average Bonchev–Trinajstić information content (AvgIpc) is 2.97. The Bertz CT molecular complexity index is 514. The van der Waals surface area contributed by atoms with E-state index in [1.807, 2.05) is 6.92 Å². The molecule has 1 amide bonds. The molecule has 0 saturated carbocycles. The first kappa shape index (κ1) is 16.9. The number of thiazole rings is 1. The number of rotatable bonds is 7. The summed E-state index contributed by atoms with van der Waals surface area (Å²) >= 11 is 1.47. The minimum absolute atomic E-state index is 0.0512. The summed E-state index contributed by atoms with van der Waals surface area (Å²) in [6, 6.07) is 0. The quantitative estimate of drug-likeness (QED) is 0.801. The Kier molecular flexibility index (Phi) is 6.29. The maximum atomic E-state index is 12.3. The highest BCUT2D eigenvalue weighted by Gasteiger charge is 2.19. The van der Waals surface area contributed by atoms with E-state index in [2.05, 4.69) is 9.88 Å². The van der Waals surface area contributed by atoms with Gasteiger partial charge in [0.05, 0.1) is 26.2 Å².